The fourth-order valence-corrected chi connectivity index (χ4v) is 5.16. The van der Waals surface area contributed by atoms with Crippen molar-refractivity contribution in [1.29, 1.82) is 0 Å². The van der Waals surface area contributed by atoms with E-state index in [1.54, 1.807) is 24.3 Å². The standard InChI is InChI=1S/C21H25ClN2O3S/c1-3-20(24(28(2,26)27)17-13-11-16(22)12-14-17)21(25)23-19-10-6-8-15-7-4-5-9-18(15)19/h4-5,7,9,11-14,19-20H,3,6,8,10H2,1-2H3,(H,23,25). The summed E-state index contributed by atoms with van der Waals surface area (Å²) in [7, 11) is -3.66. The topological polar surface area (TPSA) is 66.5 Å². The van der Waals surface area contributed by atoms with Crippen molar-refractivity contribution in [2.75, 3.05) is 10.6 Å². The highest BCUT2D eigenvalue weighted by atomic mass is 35.5. The average molecular weight is 421 g/mol. The molecule has 0 saturated carbocycles. The van der Waals surface area contributed by atoms with E-state index in [4.69, 9.17) is 11.6 Å². The largest absolute Gasteiger partial charge is 0.347 e. The van der Waals surface area contributed by atoms with Crippen LogP contribution in [-0.2, 0) is 21.2 Å². The summed E-state index contributed by atoms with van der Waals surface area (Å²) in [5, 5.41) is 3.60. The summed E-state index contributed by atoms with van der Waals surface area (Å²) in [6, 6.07) is 13.7. The van der Waals surface area contributed by atoms with E-state index in [1.807, 2.05) is 25.1 Å². The van der Waals surface area contributed by atoms with Crippen molar-refractivity contribution in [3.8, 4) is 0 Å². The van der Waals surface area contributed by atoms with E-state index in [2.05, 4.69) is 11.4 Å². The second-order valence-electron chi connectivity index (χ2n) is 7.11. The average Bonchev–Trinajstić information content (AvgIpc) is 2.66. The zero-order valence-corrected chi connectivity index (χ0v) is 17.6. The highest BCUT2D eigenvalue weighted by Gasteiger charge is 2.33. The predicted octanol–water partition coefficient (Wildman–Crippen LogP) is 4.08. The lowest BCUT2D eigenvalue weighted by atomic mass is 9.87. The van der Waals surface area contributed by atoms with Crippen molar-refractivity contribution in [2.45, 2.75) is 44.7 Å². The summed E-state index contributed by atoms with van der Waals surface area (Å²) in [6.45, 7) is 1.81. The second kappa shape index (κ2) is 8.53. The van der Waals surface area contributed by atoms with Crippen LogP contribution in [0.3, 0.4) is 0 Å². The third-order valence-corrected chi connectivity index (χ3v) is 6.53. The fraction of sp³-hybridized carbons (Fsp3) is 0.381. The molecule has 28 heavy (non-hydrogen) atoms. The number of carbonyl (C=O) groups excluding carboxylic acids is 1. The maximum Gasteiger partial charge on any atom is 0.244 e. The van der Waals surface area contributed by atoms with Gasteiger partial charge in [-0.15, -0.1) is 0 Å². The van der Waals surface area contributed by atoms with Crippen LogP contribution in [-0.4, -0.2) is 26.6 Å². The smallest absolute Gasteiger partial charge is 0.244 e. The van der Waals surface area contributed by atoms with E-state index in [0.29, 0.717) is 17.1 Å². The van der Waals surface area contributed by atoms with Crippen LogP contribution in [0.1, 0.15) is 43.4 Å². The lowest BCUT2D eigenvalue weighted by molar-refractivity contribution is -0.123. The Morgan fingerprint density at radius 1 is 1.21 bits per heavy atom. The van der Waals surface area contributed by atoms with Gasteiger partial charge in [0, 0.05) is 5.02 Å². The van der Waals surface area contributed by atoms with Gasteiger partial charge in [-0.3, -0.25) is 9.10 Å². The molecule has 1 amide bonds. The zero-order valence-electron chi connectivity index (χ0n) is 16.1. The van der Waals surface area contributed by atoms with Crippen LogP contribution >= 0.6 is 11.6 Å². The number of rotatable bonds is 6. The van der Waals surface area contributed by atoms with E-state index >= 15 is 0 Å². The molecular formula is C21H25ClN2O3S. The van der Waals surface area contributed by atoms with E-state index < -0.39 is 16.1 Å². The summed E-state index contributed by atoms with van der Waals surface area (Å²) >= 11 is 5.94. The van der Waals surface area contributed by atoms with Crippen LogP contribution < -0.4 is 9.62 Å². The molecule has 0 saturated heterocycles. The molecule has 1 N–H and O–H groups in total. The molecule has 150 valence electrons. The maximum atomic E-state index is 13.1. The van der Waals surface area contributed by atoms with Crippen molar-refractivity contribution >= 4 is 33.2 Å². The number of hydrogen-bond acceptors (Lipinski definition) is 3. The molecule has 0 bridgehead atoms. The Balaban J connectivity index is 1.88. The minimum Gasteiger partial charge on any atom is -0.347 e. The molecule has 0 spiro atoms. The molecule has 0 fully saturated rings. The van der Waals surface area contributed by atoms with E-state index in [1.165, 1.54) is 9.87 Å². The van der Waals surface area contributed by atoms with Gasteiger partial charge >= 0.3 is 0 Å². The van der Waals surface area contributed by atoms with Crippen molar-refractivity contribution in [2.24, 2.45) is 0 Å². The molecule has 2 aromatic carbocycles. The molecule has 1 aliphatic carbocycles. The lowest BCUT2D eigenvalue weighted by Gasteiger charge is -2.33. The van der Waals surface area contributed by atoms with E-state index in [-0.39, 0.29) is 11.9 Å². The number of amides is 1. The molecule has 2 aromatic rings. The molecule has 3 rings (SSSR count). The number of nitrogens with zero attached hydrogens (tertiary/aromatic N) is 1. The number of halogens is 1. The molecule has 2 atom stereocenters. The minimum atomic E-state index is -3.66. The van der Waals surface area contributed by atoms with Crippen LogP contribution in [0.2, 0.25) is 5.02 Å². The normalized spacial score (nSPS) is 17.5. The van der Waals surface area contributed by atoms with Gasteiger partial charge in [0.25, 0.3) is 0 Å². The number of carbonyl (C=O) groups is 1. The summed E-state index contributed by atoms with van der Waals surface area (Å²) in [5.41, 5.74) is 2.79. The van der Waals surface area contributed by atoms with Crippen LogP contribution in [0.5, 0.6) is 0 Å². The van der Waals surface area contributed by atoms with Crippen molar-refractivity contribution in [3.63, 3.8) is 0 Å². The molecule has 5 nitrogen and oxygen atoms in total. The molecule has 0 aliphatic heterocycles. The Labute approximate surface area is 171 Å². The van der Waals surface area contributed by atoms with Gasteiger partial charge in [-0.05, 0) is 61.1 Å². The number of sulfonamides is 1. The number of aryl methyl sites for hydroxylation is 1. The number of benzene rings is 2. The molecule has 0 radical (unpaired) electrons. The van der Waals surface area contributed by atoms with E-state index in [0.717, 1.165) is 31.1 Å². The zero-order chi connectivity index (χ0) is 20.3. The van der Waals surface area contributed by atoms with Gasteiger partial charge < -0.3 is 5.32 Å². The lowest BCUT2D eigenvalue weighted by Crippen LogP contribution is -2.50. The molecule has 7 heteroatoms. The van der Waals surface area contributed by atoms with Gasteiger partial charge in [-0.1, -0.05) is 42.8 Å². The SMILES string of the molecule is CCC(C(=O)NC1CCCc2ccccc21)N(c1ccc(Cl)cc1)S(C)(=O)=O. The van der Waals surface area contributed by atoms with Crippen molar-refractivity contribution in [1.82, 2.24) is 5.32 Å². The molecule has 2 unspecified atom stereocenters. The van der Waals surface area contributed by atoms with Gasteiger partial charge in [-0.25, -0.2) is 8.42 Å². The number of nitrogens with one attached hydrogen (secondary N) is 1. The van der Waals surface area contributed by atoms with Crippen LogP contribution in [0.15, 0.2) is 48.5 Å². The molecule has 0 aromatic heterocycles. The first kappa shape index (κ1) is 20.7. The maximum absolute atomic E-state index is 13.1. The molecular weight excluding hydrogens is 396 g/mol. The van der Waals surface area contributed by atoms with Crippen LogP contribution in [0, 0.1) is 0 Å². The van der Waals surface area contributed by atoms with Gasteiger partial charge in [0.15, 0.2) is 0 Å². The van der Waals surface area contributed by atoms with Crippen LogP contribution in [0.4, 0.5) is 5.69 Å². The molecule has 1 aliphatic rings. The number of anilines is 1. The highest BCUT2D eigenvalue weighted by molar-refractivity contribution is 7.92. The number of hydrogen-bond donors (Lipinski definition) is 1. The second-order valence-corrected chi connectivity index (χ2v) is 9.41. The predicted molar refractivity (Wildman–Crippen MR) is 113 cm³/mol. The minimum absolute atomic E-state index is 0.0990. The first-order chi connectivity index (χ1) is 13.3. The number of fused-ring (bicyclic) bond motifs is 1. The Morgan fingerprint density at radius 3 is 2.54 bits per heavy atom. The fourth-order valence-electron chi connectivity index (χ4n) is 3.82. The first-order valence-corrected chi connectivity index (χ1v) is 11.7. The third kappa shape index (κ3) is 4.50. The first-order valence-electron chi connectivity index (χ1n) is 9.44. The monoisotopic (exact) mass is 420 g/mol. The summed E-state index contributed by atoms with van der Waals surface area (Å²) in [4.78, 5) is 13.1. The van der Waals surface area contributed by atoms with Gasteiger partial charge in [0.05, 0.1) is 18.0 Å². The summed E-state index contributed by atoms with van der Waals surface area (Å²) < 4.78 is 26.2. The Hall–Kier alpha value is -2.05. The van der Waals surface area contributed by atoms with Gasteiger partial charge in [0.2, 0.25) is 15.9 Å². The van der Waals surface area contributed by atoms with Gasteiger partial charge in [0.1, 0.15) is 6.04 Å². The summed E-state index contributed by atoms with van der Waals surface area (Å²) in [6.07, 6.45) is 4.31. The summed E-state index contributed by atoms with van der Waals surface area (Å²) in [5.74, 6) is -0.287. The Bertz CT molecular complexity index is 944. The van der Waals surface area contributed by atoms with Crippen molar-refractivity contribution in [3.05, 3.63) is 64.7 Å². The molecule has 0 heterocycles. The van der Waals surface area contributed by atoms with Crippen LogP contribution in [0.25, 0.3) is 0 Å². The van der Waals surface area contributed by atoms with Gasteiger partial charge in [-0.2, -0.15) is 0 Å². The van der Waals surface area contributed by atoms with Crippen molar-refractivity contribution < 1.29 is 13.2 Å². The quantitative estimate of drug-likeness (QED) is 0.765. The Morgan fingerprint density at radius 2 is 1.89 bits per heavy atom. The van der Waals surface area contributed by atoms with E-state index in [9.17, 15) is 13.2 Å². The Kier molecular flexibility index (Phi) is 6.30. The highest BCUT2D eigenvalue weighted by Crippen LogP contribution is 2.30. The third-order valence-electron chi connectivity index (χ3n) is 5.10.